The molecule has 0 aromatic heterocycles. The molecule has 5 nitrogen and oxygen atoms in total. The third-order valence-electron chi connectivity index (χ3n) is 1.47. The van der Waals surface area contributed by atoms with Crippen LogP contribution in [0.3, 0.4) is 0 Å². The van der Waals surface area contributed by atoms with E-state index >= 15 is 0 Å². The van der Waals surface area contributed by atoms with Crippen LogP contribution in [-0.2, 0) is 4.74 Å². The fraction of sp³-hybridized carbons (Fsp3) is 0.857. The van der Waals surface area contributed by atoms with Crippen molar-refractivity contribution in [3.05, 3.63) is 0 Å². The lowest BCUT2D eigenvalue weighted by molar-refractivity contribution is 0.147. The minimum atomic E-state index is -0.774. The Kier molecular flexibility index (Phi) is 6.41. The molecule has 0 heterocycles. The van der Waals surface area contributed by atoms with Crippen LogP contribution in [0.1, 0.15) is 19.3 Å². The third kappa shape index (κ3) is 7.30. The van der Waals surface area contributed by atoms with Crippen molar-refractivity contribution in [3.63, 3.8) is 0 Å². The highest BCUT2D eigenvalue weighted by Gasteiger charge is 2.03. The minimum Gasteiger partial charge on any atom is -0.448 e. The summed E-state index contributed by atoms with van der Waals surface area (Å²) in [5, 5.41) is 0. The minimum absolute atomic E-state index is 0.121. The Morgan fingerprint density at radius 3 is 2.58 bits per heavy atom. The van der Waals surface area contributed by atoms with Crippen LogP contribution in [-0.4, -0.2) is 25.3 Å². The highest BCUT2D eigenvalue weighted by atomic mass is 16.5. The predicted octanol–water partition coefficient (Wildman–Crippen LogP) is -0.462. The second kappa shape index (κ2) is 6.87. The van der Waals surface area contributed by atoms with Gasteiger partial charge in [0.05, 0.1) is 0 Å². The molecular formula is C7H17N3O2. The van der Waals surface area contributed by atoms with E-state index in [1.165, 1.54) is 0 Å². The van der Waals surface area contributed by atoms with Gasteiger partial charge in [0.2, 0.25) is 0 Å². The Hall–Kier alpha value is -0.810. The maximum absolute atomic E-state index is 10.2. The van der Waals surface area contributed by atoms with Gasteiger partial charge in [0.25, 0.3) is 0 Å². The van der Waals surface area contributed by atoms with Crippen molar-refractivity contribution >= 4 is 6.09 Å². The first kappa shape index (κ1) is 11.2. The SMILES string of the molecule is NCCCC[C@H](N)COC(N)=O. The zero-order valence-electron chi connectivity index (χ0n) is 7.16. The molecular weight excluding hydrogens is 158 g/mol. The molecule has 0 aromatic carbocycles. The standard InChI is InChI=1S/C7H17N3O2/c8-4-2-1-3-6(9)5-12-7(10)11/h6H,1-5,8-9H2,(H2,10,11)/t6-/m0/s1. The topological polar surface area (TPSA) is 104 Å². The molecule has 0 saturated heterocycles. The van der Waals surface area contributed by atoms with Crippen molar-refractivity contribution in [3.8, 4) is 0 Å². The summed E-state index contributed by atoms with van der Waals surface area (Å²) in [5.41, 5.74) is 15.6. The summed E-state index contributed by atoms with van der Waals surface area (Å²) in [6.45, 7) is 0.864. The van der Waals surface area contributed by atoms with E-state index in [4.69, 9.17) is 17.2 Å². The normalized spacial score (nSPS) is 12.5. The van der Waals surface area contributed by atoms with E-state index in [0.717, 1.165) is 19.3 Å². The maximum atomic E-state index is 10.2. The number of primary amides is 1. The molecule has 0 aliphatic rings. The Morgan fingerprint density at radius 2 is 2.08 bits per heavy atom. The van der Waals surface area contributed by atoms with Gasteiger partial charge in [-0.1, -0.05) is 6.42 Å². The molecule has 1 atom stereocenters. The molecule has 0 saturated carbocycles. The van der Waals surface area contributed by atoms with E-state index in [1.54, 1.807) is 0 Å². The first-order valence-corrected chi connectivity index (χ1v) is 4.04. The molecule has 72 valence electrons. The van der Waals surface area contributed by atoms with Crippen molar-refractivity contribution in [1.29, 1.82) is 0 Å². The summed E-state index contributed by atoms with van der Waals surface area (Å²) < 4.78 is 4.52. The first-order chi connectivity index (χ1) is 5.66. The van der Waals surface area contributed by atoms with Gasteiger partial charge >= 0.3 is 6.09 Å². The average Bonchev–Trinajstić information content (AvgIpc) is 2.01. The molecule has 0 spiro atoms. The van der Waals surface area contributed by atoms with Gasteiger partial charge in [0, 0.05) is 6.04 Å². The molecule has 1 amide bonds. The van der Waals surface area contributed by atoms with Gasteiger partial charge in [0.15, 0.2) is 0 Å². The van der Waals surface area contributed by atoms with Crippen molar-refractivity contribution < 1.29 is 9.53 Å². The third-order valence-corrected chi connectivity index (χ3v) is 1.47. The van der Waals surface area contributed by atoms with Gasteiger partial charge in [-0.25, -0.2) is 4.79 Å². The number of unbranched alkanes of at least 4 members (excludes halogenated alkanes) is 1. The zero-order chi connectivity index (χ0) is 9.40. The van der Waals surface area contributed by atoms with Gasteiger partial charge in [-0.2, -0.15) is 0 Å². The number of hydrogen-bond acceptors (Lipinski definition) is 4. The number of carbonyl (C=O) groups is 1. The summed E-state index contributed by atoms with van der Waals surface area (Å²) in [6.07, 6.45) is 1.94. The molecule has 5 heteroatoms. The molecule has 0 aromatic rings. The summed E-state index contributed by atoms with van der Waals surface area (Å²) in [4.78, 5) is 10.2. The Balaban J connectivity index is 3.21. The molecule has 0 rings (SSSR count). The van der Waals surface area contributed by atoms with Crippen LogP contribution in [0.25, 0.3) is 0 Å². The lowest BCUT2D eigenvalue weighted by Gasteiger charge is -2.09. The lowest BCUT2D eigenvalue weighted by Crippen LogP contribution is -2.29. The van der Waals surface area contributed by atoms with E-state index in [9.17, 15) is 4.79 Å². The number of hydrogen-bond donors (Lipinski definition) is 3. The summed E-state index contributed by atoms with van der Waals surface area (Å²) in [7, 11) is 0. The van der Waals surface area contributed by atoms with Gasteiger partial charge < -0.3 is 21.9 Å². The molecule has 0 bridgehead atoms. The highest BCUT2D eigenvalue weighted by molar-refractivity contribution is 5.64. The van der Waals surface area contributed by atoms with Gasteiger partial charge in [0.1, 0.15) is 6.61 Å². The van der Waals surface area contributed by atoms with Gasteiger partial charge in [-0.3, -0.25) is 0 Å². The highest BCUT2D eigenvalue weighted by Crippen LogP contribution is 1.97. The molecule has 12 heavy (non-hydrogen) atoms. The van der Waals surface area contributed by atoms with Crippen LogP contribution in [0.5, 0.6) is 0 Å². The Labute approximate surface area is 72.2 Å². The first-order valence-electron chi connectivity index (χ1n) is 4.04. The lowest BCUT2D eigenvalue weighted by atomic mass is 10.1. The molecule has 0 radical (unpaired) electrons. The van der Waals surface area contributed by atoms with Crippen LogP contribution in [0, 0.1) is 0 Å². The predicted molar refractivity (Wildman–Crippen MR) is 46.4 cm³/mol. The zero-order valence-corrected chi connectivity index (χ0v) is 7.16. The van der Waals surface area contributed by atoms with Crippen molar-refractivity contribution in [2.45, 2.75) is 25.3 Å². The van der Waals surface area contributed by atoms with Crippen LogP contribution in [0.2, 0.25) is 0 Å². The average molecular weight is 175 g/mol. The molecule has 6 N–H and O–H groups in total. The number of amides is 1. The molecule has 0 fully saturated rings. The van der Waals surface area contributed by atoms with Crippen LogP contribution in [0.4, 0.5) is 4.79 Å². The maximum Gasteiger partial charge on any atom is 0.404 e. The smallest absolute Gasteiger partial charge is 0.404 e. The van der Waals surface area contributed by atoms with Crippen LogP contribution in [0.15, 0.2) is 0 Å². The summed E-state index contributed by atoms with van der Waals surface area (Å²) in [6, 6.07) is -0.121. The van der Waals surface area contributed by atoms with E-state index in [-0.39, 0.29) is 12.6 Å². The number of ether oxygens (including phenoxy) is 1. The van der Waals surface area contributed by atoms with E-state index < -0.39 is 6.09 Å². The van der Waals surface area contributed by atoms with Crippen molar-refractivity contribution in [2.75, 3.05) is 13.2 Å². The quantitative estimate of drug-likeness (QED) is 0.475. The van der Waals surface area contributed by atoms with E-state index in [0.29, 0.717) is 6.54 Å². The Morgan fingerprint density at radius 1 is 1.42 bits per heavy atom. The monoisotopic (exact) mass is 175 g/mol. The molecule has 0 aliphatic heterocycles. The van der Waals surface area contributed by atoms with Crippen LogP contribution < -0.4 is 17.2 Å². The molecule has 0 unspecified atom stereocenters. The second-order valence-corrected chi connectivity index (χ2v) is 2.67. The number of carbonyl (C=O) groups excluding carboxylic acids is 1. The van der Waals surface area contributed by atoms with Crippen molar-refractivity contribution in [1.82, 2.24) is 0 Å². The number of rotatable bonds is 6. The molecule has 0 aliphatic carbocycles. The van der Waals surface area contributed by atoms with Gasteiger partial charge in [-0.05, 0) is 19.4 Å². The summed E-state index contributed by atoms with van der Waals surface area (Å²) >= 11 is 0. The summed E-state index contributed by atoms with van der Waals surface area (Å²) in [5.74, 6) is 0. The van der Waals surface area contributed by atoms with E-state index in [1.807, 2.05) is 0 Å². The fourth-order valence-electron chi connectivity index (χ4n) is 0.823. The van der Waals surface area contributed by atoms with Gasteiger partial charge in [-0.15, -0.1) is 0 Å². The van der Waals surface area contributed by atoms with E-state index in [2.05, 4.69) is 4.74 Å². The largest absolute Gasteiger partial charge is 0.448 e. The Bertz CT molecular complexity index is 130. The van der Waals surface area contributed by atoms with Crippen molar-refractivity contribution in [2.24, 2.45) is 17.2 Å². The number of nitrogens with two attached hydrogens (primary N) is 3. The van der Waals surface area contributed by atoms with Crippen LogP contribution >= 0.6 is 0 Å². The second-order valence-electron chi connectivity index (χ2n) is 2.67. The fourth-order valence-corrected chi connectivity index (χ4v) is 0.823.